The molecule has 1 aromatic heterocycles. The van der Waals surface area contributed by atoms with E-state index < -0.39 is 0 Å². The number of carbonyl (C=O) groups excluding carboxylic acids is 1. The van der Waals surface area contributed by atoms with Gasteiger partial charge < -0.3 is 4.74 Å². The quantitative estimate of drug-likeness (QED) is 0.613. The molecule has 2 atom stereocenters. The Balaban J connectivity index is 1.58. The molecule has 0 saturated heterocycles. The summed E-state index contributed by atoms with van der Waals surface area (Å²) in [5.41, 5.74) is 2.02. The van der Waals surface area contributed by atoms with Crippen molar-refractivity contribution in [2.24, 2.45) is 0 Å². The number of nitrogens with zero attached hydrogens (tertiary/aromatic N) is 2. The van der Waals surface area contributed by atoms with Gasteiger partial charge in [0.25, 0.3) is 0 Å². The molecule has 0 N–H and O–H groups in total. The zero-order valence-electron chi connectivity index (χ0n) is 15.1. The van der Waals surface area contributed by atoms with E-state index >= 15 is 0 Å². The zero-order valence-corrected chi connectivity index (χ0v) is 16.8. The molecule has 4 nitrogen and oxygen atoms in total. The van der Waals surface area contributed by atoms with E-state index in [0.29, 0.717) is 5.25 Å². The van der Waals surface area contributed by atoms with E-state index in [1.807, 2.05) is 49.4 Å². The van der Waals surface area contributed by atoms with Crippen LogP contribution in [0.3, 0.4) is 0 Å². The van der Waals surface area contributed by atoms with Crippen LogP contribution in [-0.4, -0.2) is 29.5 Å². The predicted molar refractivity (Wildman–Crippen MR) is 110 cm³/mol. The number of pyridine rings is 1. The SMILES string of the molecule is Cc1ccc(N(C)C(=O)O[C@H]2CCCC[C@@H]2SSc2ccccn2)cc1. The first-order valence-electron chi connectivity index (χ1n) is 8.89. The zero-order chi connectivity index (χ0) is 18.4. The molecule has 3 rings (SSSR count). The van der Waals surface area contributed by atoms with Crippen molar-refractivity contribution < 1.29 is 9.53 Å². The van der Waals surface area contributed by atoms with Gasteiger partial charge in [-0.1, -0.05) is 41.0 Å². The average molecular weight is 389 g/mol. The van der Waals surface area contributed by atoms with Crippen LogP contribution in [0.1, 0.15) is 31.2 Å². The number of rotatable bonds is 5. The van der Waals surface area contributed by atoms with Gasteiger partial charge >= 0.3 is 6.09 Å². The third-order valence-corrected chi connectivity index (χ3v) is 7.32. The van der Waals surface area contributed by atoms with E-state index in [1.165, 1.54) is 12.0 Å². The minimum Gasteiger partial charge on any atom is -0.445 e. The Hall–Kier alpha value is -1.66. The lowest BCUT2D eigenvalue weighted by Crippen LogP contribution is -2.37. The largest absolute Gasteiger partial charge is 0.445 e. The lowest BCUT2D eigenvalue weighted by atomic mass is 9.97. The number of aryl methyl sites for hydroxylation is 1. The number of ether oxygens (including phenoxy) is 1. The molecule has 1 aliphatic rings. The number of benzene rings is 1. The summed E-state index contributed by atoms with van der Waals surface area (Å²) < 4.78 is 5.87. The predicted octanol–water partition coefficient (Wildman–Crippen LogP) is 5.71. The molecule has 2 aromatic rings. The molecule has 26 heavy (non-hydrogen) atoms. The summed E-state index contributed by atoms with van der Waals surface area (Å²) in [4.78, 5) is 18.5. The topological polar surface area (TPSA) is 42.4 Å². The second-order valence-electron chi connectivity index (χ2n) is 6.49. The van der Waals surface area contributed by atoms with Gasteiger partial charge in [-0.2, -0.15) is 0 Å². The maximum absolute atomic E-state index is 12.6. The number of carbonyl (C=O) groups is 1. The first-order chi connectivity index (χ1) is 12.6. The normalized spacial score (nSPS) is 19.8. The molecule has 138 valence electrons. The summed E-state index contributed by atoms with van der Waals surface area (Å²) in [6.07, 6.45) is 5.75. The van der Waals surface area contributed by atoms with Crippen molar-refractivity contribution in [3.8, 4) is 0 Å². The Morgan fingerprint density at radius 1 is 1.15 bits per heavy atom. The van der Waals surface area contributed by atoms with E-state index in [-0.39, 0.29) is 12.2 Å². The molecule has 0 radical (unpaired) electrons. The van der Waals surface area contributed by atoms with Crippen molar-refractivity contribution in [2.45, 2.75) is 49.0 Å². The van der Waals surface area contributed by atoms with Crippen LogP contribution < -0.4 is 4.90 Å². The van der Waals surface area contributed by atoms with Crippen LogP contribution in [0.25, 0.3) is 0 Å². The van der Waals surface area contributed by atoms with E-state index in [9.17, 15) is 4.79 Å². The smallest absolute Gasteiger partial charge is 0.414 e. The van der Waals surface area contributed by atoms with Crippen molar-refractivity contribution in [2.75, 3.05) is 11.9 Å². The number of amides is 1. The van der Waals surface area contributed by atoms with Crippen molar-refractivity contribution in [1.82, 2.24) is 4.98 Å². The first kappa shape index (κ1) is 19.1. The van der Waals surface area contributed by atoms with Crippen LogP contribution in [0.2, 0.25) is 0 Å². The lowest BCUT2D eigenvalue weighted by Gasteiger charge is -2.31. The maximum Gasteiger partial charge on any atom is 0.414 e. The molecule has 1 fully saturated rings. The molecule has 6 heteroatoms. The highest BCUT2D eigenvalue weighted by Crippen LogP contribution is 2.40. The molecule has 1 aromatic carbocycles. The molecule has 0 bridgehead atoms. The molecule has 1 heterocycles. The van der Waals surface area contributed by atoms with E-state index in [2.05, 4.69) is 4.98 Å². The van der Waals surface area contributed by atoms with Gasteiger partial charge in [0.15, 0.2) is 0 Å². The summed E-state index contributed by atoms with van der Waals surface area (Å²) in [6, 6.07) is 13.8. The van der Waals surface area contributed by atoms with Crippen LogP contribution in [0.15, 0.2) is 53.7 Å². The fourth-order valence-corrected chi connectivity index (χ4v) is 5.56. The van der Waals surface area contributed by atoms with Gasteiger partial charge in [-0.25, -0.2) is 9.78 Å². The molecular formula is C20H24N2O2S2. The van der Waals surface area contributed by atoms with E-state index in [4.69, 9.17) is 4.74 Å². The van der Waals surface area contributed by atoms with Gasteiger partial charge in [-0.3, -0.25) is 4.90 Å². The highest BCUT2D eigenvalue weighted by Gasteiger charge is 2.30. The van der Waals surface area contributed by atoms with Gasteiger partial charge in [0, 0.05) is 18.9 Å². The van der Waals surface area contributed by atoms with Gasteiger partial charge in [0.1, 0.15) is 11.1 Å². The lowest BCUT2D eigenvalue weighted by molar-refractivity contribution is 0.0860. The van der Waals surface area contributed by atoms with Crippen LogP contribution in [0.4, 0.5) is 10.5 Å². The van der Waals surface area contributed by atoms with Crippen molar-refractivity contribution >= 4 is 33.4 Å². The first-order valence-corrected chi connectivity index (χ1v) is 11.1. The third-order valence-electron chi connectivity index (χ3n) is 4.48. The summed E-state index contributed by atoms with van der Waals surface area (Å²) in [6.45, 7) is 2.03. The average Bonchev–Trinajstić information content (AvgIpc) is 2.68. The Bertz CT molecular complexity index is 710. The van der Waals surface area contributed by atoms with Crippen LogP contribution >= 0.6 is 21.6 Å². The van der Waals surface area contributed by atoms with Gasteiger partial charge in [0.05, 0.1) is 5.25 Å². The Kier molecular flexibility index (Phi) is 6.86. The molecule has 0 aliphatic heterocycles. The molecule has 1 saturated carbocycles. The minimum absolute atomic E-state index is 0.0506. The van der Waals surface area contributed by atoms with Crippen LogP contribution in [0, 0.1) is 6.92 Å². The Labute approximate surface area is 163 Å². The van der Waals surface area contributed by atoms with Crippen LogP contribution in [0.5, 0.6) is 0 Å². The maximum atomic E-state index is 12.6. The highest BCUT2D eigenvalue weighted by molar-refractivity contribution is 8.76. The molecule has 1 amide bonds. The summed E-state index contributed by atoms with van der Waals surface area (Å²) in [5, 5.41) is 1.29. The van der Waals surface area contributed by atoms with Gasteiger partial charge in [0.2, 0.25) is 0 Å². The second-order valence-corrected chi connectivity index (χ2v) is 8.95. The number of hydrogen-bond donors (Lipinski definition) is 0. The van der Waals surface area contributed by atoms with E-state index in [0.717, 1.165) is 30.0 Å². The molecule has 1 aliphatic carbocycles. The fraction of sp³-hybridized carbons (Fsp3) is 0.400. The molecule has 0 unspecified atom stereocenters. The van der Waals surface area contributed by atoms with Crippen LogP contribution in [-0.2, 0) is 4.74 Å². The summed E-state index contributed by atoms with van der Waals surface area (Å²) in [7, 11) is 5.20. The number of aromatic nitrogens is 1. The molecular weight excluding hydrogens is 364 g/mol. The van der Waals surface area contributed by atoms with Crippen molar-refractivity contribution in [3.63, 3.8) is 0 Å². The number of anilines is 1. The standard InChI is InChI=1S/C20H24N2O2S2/c1-15-10-12-16(13-11-15)22(2)20(23)24-17-7-3-4-8-18(17)25-26-19-9-5-6-14-21-19/h5-6,9-14,17-18H,3-4,7-8H2,1-2H3/t17-,18-/m0/s1. The monoisotopic (exact) mass is 388 g/mol. The highest BCUT2D eigenvalue weighted by atomic mass is 33.1. The van der Waals surface area contributed by atoms with Gasteiger partial charge in [-0.05, 0) is 61.2 Å². The Morgan fingerprint density at radius 3 is 2.65 bits per heavy atom. The third kappa shape index (κ3) is 5.17. The Morgan fingerprint density at radius 2 is 1.92 bits per heavy atom. The summed E-state index contributed by atoms with van der Waals surface area (Å²) in [5.74, 6) is 0. The number of hydrogen-bond acceptors (Lipinski definition) is 5. The molecule has 0 spiro atoms. The minimum atomic E-state index is -0.283. The summed E-state index contributed by atoms with van der Waals surface area (Å²) >= 11 is 0. The van der Waals surface area contributed by atoms with E-state index in [1.54, 1.807) is 39.7 Å². The fourth-order valence-electron chi connectivity index (χ4n) is 2.90. The second kappa shape index (κ2) is 9.33. The van der Waals surface area contributed by atoms with Crippen molar-refractivity contribution in [1.29, 1.82) is 0 Å². The van der Waals surface area contributed by atoms with Gasteiger partial charge in [-0.15, -0.1) is 0 Å². The van der Waals surface area contributed by atoms with Crippen molar-refractivity contribution in [3.05, 3.63) is 54.2 Å².